The molecular formula is C24H31F3N4O. The molecule has 32 heavy (non-hydrogen) atoms. The number of benzene rings is 2. The Morgan fingerprint density at radius 3 is 2.31 bits per heavy atom. The number of anilines is 3. The van der Waals surface area contributed by atoms with Gasteiger partial charge in [0.1, 0.15) is 6.54 Å². The van der Waals surface area contributed by atoms with Crippen LogP contribution in [0.1, 0.15) is 37.0 Å². The molecule has 1 aliphatic heterocycles. The fourth-order valence-electron chi connectivity index (χ4n) is 4.16. The number of nitrogen functional groups attached to an aromatic ring is 1. The maximum absolute atomic E-state index is 13.4. The van der Waals surface area contributed by atoms with Crippen LogP contribution in [0, 0.1) is 5.92 Å². The van der Waals surface area contributed by atoms with Crippen molar-refractivity contribution in [3.63, 3.8) is 0 Å². The number of nitrogens with one attached hydrogen (secondary N) is 1. The highest BCUT2D eigenvalue weighted by atomic mass is 19.4. The summed E-state index contributed by atoms with van der Waals surface area (Å²) < 4.78 is 40.1. The van der Waals surface area contributed by atoms with E-state index in [0.717, 1.165) is 19.6 Å². The van der Waals surface area contributed by atoms with E-state index in [1.54, 1.807) is 48.5 Å². The van der Waals surface area contributed by atoms with E-state index in [1.807, 2.05) is 0 Å². The van der Waals surface area contributed by atoms with Gasteiger partial charge in [0.15, 0.2) is 0 Å². The molecule has 174 valence electrons. The molecule has 0 saturated carbocycles. The predicted molar refractivity (Wildman–Crippen MR) is 123 cm³/mol. The van der Waals surface area contributed by atoms with Crippen LogP contribution in [-0.2, 0) is 0 Å². The predicted octanol–water partition coefficient (Wildman–Crippen LogP) is 5.01. The largest absolute Gasteiger partial charge is 0.405 e. The van der Waals surface area contributed by atoms with Gasteiger partial charge in [-0.05, 0) is 55.2 Å². The summed E-state index contributed by atoms with van der Waals surface area (Å²) in [5.74, 6) is 0.168. The minimum absolute atomic E-state index is 0.191. The SMILES string of the molecule is CC(C)CN1CCC(N(CC(F)(F)F)c2ccc(C(=O)Nc3ccccc3N)cc2)CC1. The van der Waals surface area contributed by atoms with Crippen molar-refractivity contribution < 1.29 is 18.0 Å². The molecule has 0 bridgehead atoms. The van der Waals surface area contributed by atoms with Gasteiger partial charge < -0.3 is 20.9 Å². The Morgan fingerprint density at radius 2 is 1.75 bits per heavy atom. The average molecular weight is 449 g/mol. The number of carbonyl (C=O) groups is 1. The van der Waals surface area contributed by atoms with Crippen molar-refractivity contribution in [2.45, 2.75) is 38.9 Å². The second-order valence-electron chi connectivity index (χ2n) is 8.76. The van der Waals surface area contributed by atoms with Crippen LogP contribution in [0.3, 0.4) is 0 Å². The molecule has 0 spiro atoms. The van der Waals surface area contributed by atoms with E-state index in [0.29, 0.717) is 41.4 Å². The number of nitrogens with zero attached hydrogens (tertiary/aromatic N) is 2. The molecular weight excluding hydrogens is 417 g/mol. The summed E-state index contributed by atoms with van der Waals surface area (Å²) in [4.78, 5) is 16.3. The van der Waals surface area contributed by atoms with Gasteiger partial charge in [-0.1, -0.05) is 26.0 Å². The average Bonchev–Trinajstić information content (AvgIpc) is 2.73. The third-order valence-electron chi connectivity index (χ3n) is 5.64. The van der Waals surface area contributed by atoms with Crippen molar-refractivity contribution in [3.8, 4) is 0 Å². The summed E-state index contributed by atoms with van der Waals surface area (Å²) in [5.41, 5.74) is 7.62. The first-order chi connectivity index (χ1) is 15.1. The lowest BCUT2D eigenvalue weighted by atomic mass is 10.0. The minimum atomic E-state index is -4.31. The molecule has 3 N–H and O–H groups in total. The molecule has 0 radical (unpaired) electrons. The Morgan fingerprint density at radius 1 is 1.12 bits per heavy atom. The molecule has 0 unspecified atom stereocenters. The number of rotatable bonds is 7. The monoisotopic (exact) mass is 448 g/mol. The Balaban J connectivity index is 1.72. The zero-order valence-corrected chi connectivity index (χ0v) is 18.5. The van der Waals surface area contributed by atoms with Crippen molar-refractivity contribution in [1.29, 1.82) is 0 Å². The smallest absolute Gasteiger partial charge is 0.397 e. The third kappa shape index (κ3) is 6.63. The highest BCUT2D eigenvalue weighted by Gasteiger charge is 2.35. The summed E-state index contributed by atoms with van der Waals surface area (Å²) in [6.45, 7) is 5.82. The van der Waals surface area contributed by atoms with Crippen LogP contribution >= 0.6 is 0 Å². The van der Waals surface area contributed by atoms with Crippen LogP contribution < -0.4 is 16.0 Å². The molecule has 1 fully saturated rings. The fraction of sp³-hybridized carbons (Fsp3) is 0.458. The first-order valence-electron chi connectivity index (χ1n) is 10.9. The number of halogens is 3. The zero-order valence-electron chi connectivity index (χ0n) is 18.5. The molecule has 1 aliphatic rings. The number of piperidine rings is 1. The molecule has 0 atom stereocenters. The zero-order chi connectivity index (χ0) is 23.3. The second-order valence-corrected chi connectivity index (χ2v) is 8.76. The molecule has 1 heterocycles. The second kappa shape index (κ2) is 10.3. The van der Waals surface area contributed by atoms with Gasteiger partial charge in [0.25, 0.3) is 5.91 Å². The van der Waals surface area contributed by atoms with Crippen LogP contribution in [0.25, 0.3) is 0 Å². The van der Waals surface area contributed by atoms with Gasteiger partial charge in [-0.3, -0.25) is 4.79 Å². The third-order valence-corrected chi connectivity index (χ3v) is 5.64. The lowest BCUT2D eigenvalue weighted by Crippen LogP contribution is -2.48. The van der Waals surface area contributed by atoms with Gasteiger partial charge in [0.05, 0.1) is 11.4 Å². The maximum Gasteiger partial charge on any atom is 0.405 e. The van der Waals surface area contributed by atoms with Crippen LogP contribution in [-0.4, -0.2) is 49.2 Å². The summed E-state index contributed by atoms with van der Waals surface area (Å²) in [5, 5.41) is 2.73. The summed E-state index contributed by atoms with van der Waals surface area (Å²) in [6, 6.07) is 13.0. The number of nitrogens with two attached hydrogens (primary N) is 1. The highest BCUT2D eigenvalue weighted by molar-refractivity contribution is 6.05. The molecule has 5 nitrogen and oxygen atoms in total. The van der Waals surface area contributed by atoms with Gasteiger partial charge in [0, 0.05) is 36.9 Å². The standard InChI is InChI=1S/C24H31F3N4O/c1-17(2)15-30-13-11-20(12-14-30)31(16-24(25,26)27)19-9-7-18(8-10-19)23(32)29-22-6-4-3-5-21(22)28/h3-10,17,20H,11-16,28H2,1-2H3,(H,29,32). The molecule has 3 rings (SSSR count). The Bertz CT molecular complexity index is 891. The first kappa shape index (κ1) is 23.9. The highest BCUT2D eigenvalue weighted by Crippen LogP contribution is 2.29. The molecule has 0 aliphatic carbocycles. The van der Waals surface area contributed by atoms with Gasteiger partial charge in [-0.2, -0.15) is 13.2 Å². The van der Waals surface area contributed by atoms with E-state index in [9.17, 15) is 18.0 Å². The molecule has 1 saturated heterocycles. The number of alkyl halides is 3. The van der Waals surface area contributed by atoms with Crippen LogP contribution in [0.5, 0.6) is 0 Å². The number of hydrogen-bond acceptors (Lipinski definition) is 4. The van der Waals surface area contributed by atoms with Crippen LogP contribution in [0.4, 0.5) is 30.2 Å². The number of amides is 1. The van der Waals surface area contributed by atoms with Crippen LogP contribution in [0.2, 0.25) is 0 Å². The Kier molecular flexibility index (Phi) is 7.66. The van der Waals surface area contributed by atoms with Crippen molar-refractivity contribution in [1.82, 2.24) is 4.90 Å². The van der Waals surface area contributed by atoms with Crippen molar-refractivity contribution >= 4 is 23.0 Å². The van der Waals surface area contributed by atoms with Crippen molar-refractivity contribution in [2.75, 3.05) is 42.1 Å². The quantitative estimate of drug-likeness (QED) is 0.585. The lowest BCUT2D eigenvalue weighted by Gasteiger charge is -2.40. The van der Waals surface area contributed by atoms with E-state index >= 15 is 0 Å². The van der Waals surface area contributed by atoms with Gasteiger partial charge in [-0.25, -0.2) is 0 Å². The summed E-state index contributed by atoms with van der Waals surface area (Å²) in [6.07, 6.45) is -2.95. The minimum Gasteiger partial charge on any atom is -0.397 e. The van der Waals surface area contributed by atoms with Crippen molar-refractivity contribution in [2.24, 2.45) is 5.92 Å². The van der Waals surface area contributed by atoms with Gasteiger partial charge in [-0.15, -0.1) is 0 Å². The number of likely N-dealkylation sites (tertiary alicyclic amines) is 1. The molecule has 0 aromatic heterocycles. The fourth-order valence-corrected chi connectivity index (χ4v) is 4.16. The topological polar surface area (TPSA) is 61.6 Å². The van der Waals surface area contributed by atoms with E-state index in [1.165, 1.54) is 4.90 Å². The summed E-state index contributed by atoms with van der Waals surface area (Å²) >= 11 is 0. The lowest BCUT2D eigenvalue weighted by molar-refractivity contribution is -0.121. The maximum atomic E-state index is 13.4. The molecule has 8 heteroatoms. The van der Waals surface area contributed by atoms with Gasteiger partial charge in [0.2, 0.25) is 0 Å². The first-order valence-corrected chi connectivity index (χ1v) is 10.9. The molecule has 2 aromatic carbocycles. The van der Waals surface area contributed by atoms with E-state index in [2.05, 4.69) is 24.1 Å². The van der Waals surface area contributed by atoms with Crippen LogP contribution in [0.15, 0.2) is 48.5 Å². The van der Waals surface area contributed by atoms with Gasteiger partial charge >= 0.3 is 6.18 Å². The number of carbonyl (C=O) groups excluding carboxylic acids is 1. The van der Waals surface area contributed by atoms with E-state index < -0.39 is 12.7 Å². The van der Waals surface area contributed by atoms with E-state index in [-0.39, 0.29) is 11.9 Å². The Labute approximate surface area is 187 Å². The molecule has 1 amide bonds. The number of para-hydroxylation sites is 2. The van der Waals surface area contributed by atoms with Crippen molar-refractivity contribution in [3.05, 3.63) is 54.1 Å². The summed E-state index contributed by atoms with van der Waals surface area (Å²) in [7, 11) is 0. The Hall–Kier alpha value is -2.74. The van der Waals surface area contributed by atoms with E-state index in [4.69, 9.17) is 5.73 Å². The normalized spacial score (nSPS) is 15.7. The molecule has 2 aromatic rings. The number of hydrogen-bond donors (Lipinski definition) is 2.